The first-order valence-electron chi connectivity index (χ1n) is 6.05. The summed E-state index contributed by atoms with van der Waals surface area (Å²) in [6.07, 6.45) is 2.76. The average Bonchev–Trinajstić information content (AvgIpc) is 2.69. The van der Waals surface area contributed by atoms with Gasteiger partial charge in [0, 0.05) is 21.8 Å². The van der Waals surface area contributed by atoms with Crippen molar-refractivity contribution < 1.29 is 4.79 Å². The van der Waals surface area contributed by atoms with Gasteiger partial charge in [-0.1, -0.05) is 28.1 Å². The minimum atomic E-state index is -0.143. The molecular weight excluding hydrogens is 278 g/mol. The molecule has 1 spiro atoms. The number of nitrogens with one attached hydrogen (secondary N) is 1. The van der Waals surface area contributed by atoms with Gasteiger partial charge in [0.05, 0.1) is 0 Å². The van der Waals surface area contributed by atoms with Gasteiger partial charge in [0.1, 0.15) is 0 Å². The maximum Gasteiger partial charge on any atom is 0.221 e. The lowest BCUT2D eigenvalue weighted by atomic mass is 9.68. The third kappa shape index (κ3) is 1.35. The molecule has 1 atom stereocenters. The molecule has 2 nitrogen and oxygen atoms in total. The highest BCUT2D eigenvalue weighted by Crippen LogP contribution is 2.52. The van der Waals surface area contributed by atoms with Crippen LogP contribution in [0.1, 0.15) is 37.8 Å². The van der Waals surface area contributed by atoms with Crippen LogP contribution in [0.25, 0.3) is 0 Å². The molecule has 17 heavy (non-hydrogen) atoms. The van der Waals surface area contributed by atoms with Crippen LogP contribution in [0.5, 0.6) is 0 Å². The van der Waals surface area contributed by atoms with Crippen LogP contribution in [-0.2, 0) is 16.6 Å². The zero-order valence-corrected chi connectivity index (χ0v) is 11.7. The maximum absolute atomic E-state index is 11.8. The van der Waals surface area contributed by atoms with E-state index < -0.39 is 0 Å². The summed E-state index contributed by atoms with van der Waals surface area (Å²) in [5.41, 5.74) is 2.59. The van der Waals surface area contributed by atoms with Crippen molar-refractivity contribution in [2.75, 3.05) is 0 Å². The summed E-state index contributed by atoms with van der Waals surface area (Å²) in [4.78, 5) is 11.8. The molecule has 1 N–H and O–H groups in total. The smallest absolute Gasteiger partial charge is 0.221 e. The first kappa shape index (κ1) is 11.3. The molecule has 0 saturated carbocycles. The Morgan fingerprint density at radius 3 is 2.76 bits per heavy atom. The van der Waals surface area contributed by atoms with E-state index in [-0.39, 0.29) is 16.9 Å². The molecule has 1 amide bonds. The SMILES string of the molecule is CC1(C)NC(=O)CC12CCc1c(Br)cccc12. The van der Waals surface area contributed by atoms with Crippen molar-refractivity contribution in [1.29, 1.82) is 0 Å². The van der Waals surface area contributed by atoms with E-state index in [2.05, 4.69) is 53.3 Å². The first-order chi connectivity index (χ1) is 7.96. The second-order valence-electron chi connectivity index (χ2n) is 5.70. The van der Waals surface area contributed by atoms with Gasteiger partial charge in [0.2, 0.25) is 5.91 Å². The zero-order valence-electron chi connectivity index (χ0n) is 10.1. The molecular formula is C14H16BrNO. The summed E-state index contributed by atoms with van der Waals surface area (Å²) < 4.78 is 1.18. The van der Waals surface area contributed by atoms with E-state index in [1.165, 1.54) is 15.6 Å². The Bertz CT molecular complexity index is 509. The number of benzene rings is 1. The molecule has 1 aliphatic heterocycles. The van der Waals surface area contributed by atoms with Gasteiger partial charge in [-0.05, 0) is 43.9 Å². The third-order valence-corrected chi connectivity index (χ3v) is 5.29. The monoisotopic (exact) mass is 293 g/mol. The Hall–Kier alpha value is -0.830. The molecule has 1 aromatic carbocycles. The van der Waals surface area contributed by atoms with E-state index in [1.807, 2.05) is 0 Å². The van der Waals surface area contributed by atoms with Crippen LogP contribution in [0.3, 0.4) is 0 Å². The zero-order chi connectivity index (χ0) is 12.3. The quantitative estimate of drug-likeness (QED) is 0.783. The predicted octanol–water partition coefficient (Wildman–Crippen LogP) is 2.93. The number of halogens is 1. The molecule has 2 aliphatic rings. The van der Waals surface area contributed by atoms with Crippen LogP contribution >= 0.6 is 15.9 Å². The molecule has 1 aromatic rings. The highest BCUT2D eigenvalue weighted by atomic mass is 79.9. The van der Waals surface area contributed by atoms with Crippen molar-refractivity contribution >= 4 is 21.8 Å². The highest BCUT2D eigenvalue weighted by Gasteiger charge is 2.56. The van der Waals surface area contributed by atoms with Gasteiger partial charge >= 0.3 is 0 Å². The normalized spacial score (nSPS) is 29.5. The summed E-state index contributed by atoms with van der Waals surface area (Å²) >= 11 is 3.63. The van der Waals surface area contributed by atoms with E-state index >= 15 is 0 Å². The summed E-state index contributed by atoms with van der Waals surface area (Å²) in [6, 6.07) is 6.36. The minimum absolute atomic E-state index is 0.0107. The standard InChI is InChI=1S/C14H16BrNO/c1-13(2)14(8-12(17)16-13)7-6-9-10(14)4-3-5-11(9)15/h3-5H,6-8H2,1-2H3,(H,16,17). The van der Waals surface area contributed by atoms with Gasteiger partial charge in [0.15, 0.2) is 0 Å². The molecule has 3 heteroatoms. The molecule has 1 aliphatic carbocycles. The van der Waals surface area contributed by atoms with Crippen molar-refractivity contribution in [2.24, 2.45) is 0 Å². The minimum Gasteiger partial charge on any atom is -0.350 e. The van der Waals surface area contributed by atoms with Crippen molar-refractivity contribution in [1.82, 2.24) is 5.32 Å². The average molecular weight is 294 g/mol. The summed E-state index contributed by atoms with van der Waals surface area (Å²) in [5, 5.41) is 3.13. The van der Waals surface area contributed by atoms with E-state index in [0.717, 1.165) is 12.8 Å². The summed E-state index contributed by atoms with van der Waals surface area (Å²) in [6.45, 7) is 4.29. The van der Waals surface area contributed by atoms with Crippen molar-refractivity contribution in [3.63, 3.8) is 0 Å². The number of rotatable bonds is 0. The lowest BCUT2D eigenvalue weighted by Gasteiger charge is -2.38. The van der Waals surface area contributed by atoms with Crippen molar-refractivity contribution in [3.05, 3.63) is 33.8 Å². The predicted molar refractivity (Wildman–Crippen MR) is 71.0 cm³/mol. The molecule has 1 fully saturated rings. The first-order valence-corrected chi connectivity index (χ1v) is 6.84. The fraction of sp³-hybridized carbons (Fsp3) is 0.500. The number of hydrogen-bond donors (Lipinski definition) is 1. The van der Waals surface area contributed by atoms with Gasteiger partial charge in [-0.25, -0.2) is 0 Å². The Morgan fingerprint density at radius 2 is 2.12 bits per heavy atom. The van der Waals surface area contributed by atoms with Gasteiger partial charge in [0.25, 0.3) is 0 Å². The van der Waals surface area contributed by atoms with Gasteiger partial charge < -0.3 is 5.32 Å². The summed E-state index contributed by atoms with van der Waals surface area (Å²) in [7, 11) is 0. The van der Waals surface area contributed by atoms with Crippen LogP contribution in [0.15, 0.2) is 22.7 Å². The van der Waals surface area contributed by atoms with E-state index in [4.69, 9.17) is 0 Å². The lowest BCUT2D eigenvalue weighted by Crippen LogP contribution is -2.48. The van der Waals surface area contributed by atoms with Crippen LogP contribution in [0.4, 0.5) is 0 Å². The van der Waals surface area contributed by atoms with Gasteiger partial charge in [-0.2, -0.15) is 0 Å². The van der Waals surface area contributed by atoms with Gasteiger partial charge in [-0.3, -0.25) is 4.79 Å². The van der Waals surface area contributed by atoms with Gasteiger partial charge in [-0.15, -0.1) is 0 Å². The Kier molecular flexibility index (Phi) is 2.22. The molecule has 0 bridgehead atoms. The Morgan fingerprint density at radius 1 is 1.35 bits per heavy atom. The largest absolute Gasteiger partial charge is 0.350 e. The van der Waals surface area contributed by atoms with Crippen LogP contribution in [0, 0.1) is 0 Å². The number of carbonyl (C=O) groups is 1. The second-order valence-corrected chi connectivity index (χ2v) is 6.55. The number of carbonyl (C=O) groups excluding carboxylic acids is 1. The Balaban J connectivity index is 2.21. The fourth-order valence-electron chi connectivity index (χ4n) is 3.57. The van der Waals surface area contributed by atoms with Crippen molar-refractivity contribution in [3.8, 4) is 0 Å². The molecule has 90 valence electrons. The molecule has 3 rings (SSSR count). The second kappa shape index (κ2) is 3.35. The topological polar surface area (TPSA) is 29.1 Å². The van der Waals surface area contributed by atoms with E-state index in [0.29, 0.717) is 6.42 Å². The van der Waals surface area contributed by atoms with Crippen LogP contribution in [-0.4, -0.2) is 11.4 Å². The Labute approximate surface area is 110 Å². The fourth-order valence-corrected chi connectivity index (χ4v) is 4.14. The lowest BCUT2D eigenvalue weighted by molar-refractivity contribution is -0.119. The number of fused-ring (bicyclic) bond motifs is 2. The molecule has 1 unspecified atom stereocenters. The van der Waals surface area contributed by atoms with Crippen LogP contribution in [0.2, 0.25) is 0 Å². The van der Waals surface area contributed by atoms with Crippen LogP contribution < -0.4 is 5.32 Å². The summed E-state index contributed by atoms with van der Waals surface area (Å²) in [5.74, 6) is 0.183. The third-order valence-electron chi connectivity index (χ3n) is 4.55. The maximum atomic E-state index is 11.8. The van der Waals surface area contributed by atoms with E-state index in [9.17, 15) is 4.79 Å². The molecule has 1 heterocycles. The molecule has 0 radical (unpaired) electrons. The van der Waals surface area contributed by atoms with Crippen molar-refractivity contribution in [2.45, 2.75) is 44.1 Å². The van der Waals surface area contributed by atoms with E-state index in [1.54, 1.807) is 0 Å². The number of hydrogen-bond acceptors (Lipinski definition) is 1. The highest BCUT2D eigenvalue weighted by molar-refractivity contribution is 9.10. The molecule has 0 aromatic heterocycles. The number of amides is 1. The molecule has 1 saturated heterocycles.